The molecular formula is C10H14N5O2P. The second-order valence-corrected chi connectivity index (χ2v) is 4.09. The smallest absolute Gasteiger partial charge is 0.280 e. The van der Waals surface area contributed by atoms with Crippen molar-refractivity contribution < 1.29 is 4.74 Å². The predicted molar refractivity (Wildman–Crippen MR) is 72.2 cm³/mol. The molecule has 2 rings (SSSR count). The normalized spacial score (nSPS) is 10.9. The summed E-state index contributed by atoms with van der Waals surface area (Å²) >= 11 is 0. The Hall–Kier alpha value is -1.72. The van der Waals surface area contributed by atoms with Gasteiger partial charge in [0.2, 0.25) is 5.95 Å². The molecule has 0 aliphatic heterocycles. The number of nitrogen functional groups attached to an aromatic ring is 1. The Balaban J connectivity index is 2.29. The zero-order chi connectivity index (χ0) is 13.1. The van der Waals surface area contributed by atoms with Gasteiger partial charge >= 0.3 is 0 Å². The number of nitrogens with two attached hydrogens (primary N) is 1. The number of anilines is 1. The van der Waals surface area contributed by atoms with Crippen molar-refractivity contribution in [2.45, 2.75) is 6.54 Å². The summed E-state index contributed by atoms with van der Waals surface area (Å²) in [5, 5.41) is 0. The summed E-state index contributed by atoms with van der Waals surface area (Å²) in [6.07, 6.45) is 2.09. The lowest BCUT2D eigenvalue weighted by Crippen LogP contribution is -2.13. The standard InChI is InChI=1S/C10H14N5O2P/c1-6(3-17-5-18)2-15-4-12-7-8(15)13-10(11)14-9(7)16/h4H,1-3,5,18H2,(H3,11,13,14,16). The number of nitrogens with one attached hydrogen (secondary N) is 1. The van der Waals surface area contributed by atoms with Gasteiger partial charge in [-0.25, -0.2) is 4.98 Å². The SMILES string of the molecule is C=C(COCP)Cn1cnc2c(=O)[nH]c(N)nc21. The van der Waals surface area contributed by atoms with Crippen LogP contribution in [0.2, 0.25) is 0 Å². The number of fused-ring (bicyclic) bond motifs is 1. The molecular weight excluding hydrogens is 253 g/mol. The quantitative estimate of drug-likeness (QED) is 0.591. The minimum Gasteiger partial charge on any atom is -0.373 e. The number of H-pyrrole nitrogens is 1. The van der Waals surface area contributed by atoms with Gasteiger partial charge in [0, 0.05) is 6.54 Å². The van der Waals surface area contributed by atoms with Gasteiger partial charge in [-0.1, -0.05) is 6.58 Å². The molecule has 8 heteroatoms. The molecule has 1 unspecified atom stereocenters. The Morgan fingerprint density at radius 3 is 3.17 bits per heavy atom. The van der Waals surface area contributed by atoms with E-state index in [-0.39, 0.29) is 17.0 Å². The molecule has 1 atom stereocenters. The number of aromatic amines is 1. The second kappa shape index (κ2) is 5.29. The molecule has 2 heterocycles. The van der Waals surface area contributed by atoms with Crippen LogP contribution in [-0.2, 0) is 11.3 Å². The van der Waals surface area contributed by atoms with E-state index < -0.39 is 0 Å². The lowest BCUT2D eigenvalue weighted by molar-refractivity contribution is 0.205. The maximum atomic E-state index is 11.6. The monoisotopic (exact) mass is 267 g/mol. The Labute approximate surface area is 105 Å². The molecule has 18 heavy (non-hydrogen) atoms. The Morgan fingerprint density at radius 1 is 1.67 bits per heavy atom. The van der Waals surface area contributed by atoms with E-state index >= 15 is 0 Å². The number of nitrogens with zero attached hydrogens (tertiary/aromatic N) is 3. The third kappa shape index (κ3) is 2.57. The number of rotatable bonds is 5. The molecule has 0 saturated heterocycles. The highest BCUT2D eigenvalue weighted by Gasteiger charge is 2.09. The van der Waals surface area contributed by atoms with Gasteiger partial charge in [0.15, 0.2) is 11.2 Å². The van der Waals surface area contributed by atoms with Crippen molar-refractivity contribution >= 4 is 26.4 Å². The van der Waals surface area contributed by atoms with Crippen LogP contribution in [0.3, 0.4) is 0 Å². The summed E-state index contributed by atoms with van der Waals surface area (Å²) in [6.45, 7) is 4.82. The summed E-state index contributed by atoms with van der Waals surface area (Å²) < 4.78 is 6.94. The molecule has 0 radical (unpaired) electrons. The van der Waals surface area contributed by atoms with E-state index in [9.17, 15) is 4.79 Å². The fourth-order valence-electron chi connectivity index (χ4n) is 1.58. The lowest BCUT2D eigenvalue weighted by atomic mass is 10.3. The van der Waals surface area contributed by atoms with Crippen molar-refractivity contribution in [1.82, 2.24) is 19.5 Å². The minimum atomic E-state index is -0.344. The Morgan fingerprint density at radius 2 is 2.44 bits per heavy atom. The van der Waals surface area contributed by atoms with Crippen LogP contribution in [0.1, 0.15) is 0 Å². The maximum Gasteiger partial charge on any atom is 0.280 e. The van der Waals surface area contributed by atoms with Crippen LogP contribution in [-0.4, -0.2) is 32.5 Å². The molecule has 0 aromatic carbocycles. The van der Waals surface area contributed by atoms with Crippen LogP contribution < -0.4 is 11.3 Å². The first-order chi connectivity index (χ1) is 8.61. The summed E-state index contributed by atoms with van der Waals surface area (Å²) in [5.74, 6) is 0.0704. The molecule has 96 valence electrons. The average Bonchev–Trinajstić information content (AvgIpc) is 2.70. The summed E-state index contributed by atoms with van der Waals surface area (Å²) in [4.78, 5) is 22.0. The van der Waals surface area contributed by atoms with Gasteiger partial charge in [0.25, 0.3) is 5.56 Å². The van der Waals surface area contributed by atoms with Gasteiger partial charge in [-0.3, -0.25) is 9.78 Å². The van der Waals surface area contributed by atoms with Crippen molar-refractivity contribution in [2.75, 3.05) is 18.7 Å². The first-order valence-electron chi connectivity index (χ1n) is 5.27. The minimum absolute atomic E-state index is 0.0704. The highest BCUT2D eigenvalue weighted by molar-refractivity contribution is 7.16. The highest BCUT2D eigenvalue weighted by atomic mass is 31.0. The Bertz CT molecular complexity index is 633. The van der Waals surface area contributed by atoms with Gasteiger partial charge in [-0.2, -0.15) is 4.98 Å². The van der Waals surface area contributed by atoms with Crippen LogP contribution >= 0.6 is 9.24 Å². The number of ether oxygens (including phenoxy) is 1. The summed E-state index contributed by atoms with van der Waals surface area (Å²) in [7, 11) is 2.47. The number of hydrogen-bond acceptors (Lipinski definition) is 5. The molecule has 0 amide bonds. The van der Waals surface area contributed by atoms with Crippen LogP contribution in [0.15, 0.2) is 23.3 Å². The molecule has 0 aliphatic carbocycles. The maximum absolute atomic E-state index is 11.6. The van der Waals surface area contributed by atoms with Crippen LogP contribution in [0.5, 0.6) is 0 Å². The summed E-state index contributed by atoms with van der Waals surface area (Å²) in [6, 6.07) is 0. The first-order valence-corrected chi connectivity index (χ1v) is 6.08. The van der Waals surface area contributed by atoms with E-state index in [0.717, 1.165) is 5.57 Å². The van der Waals surface area contributed by atoms with Crippen molar-refractivity contribution in [3.05, 3.63) is 28.8 Å². The van der Waals surface area contributed by atoms with Crippen LogP contribution in [0, 0.1) is 0 Å². The average molecular weight is 267 g/mol. The molecule has 2 aromatic heterocycles. The van der Waals surface area contributed by atoms with E-state index in [4.69, 9.17) is 10.5 Å². The fourth-order valence-corrected chi connectivity index (χ4v) is 1.69. The number of imidazole rings is 1. The number of hydrogen-bond donors (Lipinski definition) is 2. The predicted octanol–water partition coefficient (Wildman–Crippen LogP) is 0.107. The van der Waals surface area contributed by atoms with Crippen LogP contribution in [0.4, 0.5) is 5.95 Å². The van der Waals surface area contributed by atoms with E-state index in [0.29, 0.717) is 25.1 Å². The molecule has 2 aromatic rings. The lowest BCUT2D eigenvalue weighted by Gasteiger charge is -2.07. The van der Waals surface area contributed by atoms with Crippen LogP contribution in [0.25, 0.3) is 11.2 Å². The zero-order valence-electron chi connectivity index (χ0n) is 9.72. The molecule has 0 bridgehead atoms. The second-order valence-electron chi connectivity index (χ2n) is 3.76. The van der Waals surface area contributed by atoms with Crippen molar-refractivity contribution in [3.8, 4) is 0 Å². The van der Waals surface area contributed by atoms with E-state index in [2.05, 4.69) is 30.8 Å². The third-order valence-electron chi connectivity index (χ3n) is 2.31. The van der Waals surface area contributed by atoms with Gasteiger partial charge in [-0.05, 0) is 5.57 Å². The third-order valence-corrected chi connectivity index (χ3v) is 2.55. The molecule has 0 fully saturated rings. The van der Waals surface area contributed by atoms with E-state index in [1.54, 1.807) is 4.57 Å². The molecule has 0 spiro atoms. The first kappa shape index (κ1) is 12.7. The van der Waals surface area contributed by atoms with Crippen molar-refractivity contribution in [3.63, 3.8) is 0 Å². The van der Waals surface area contributed by atoms with Gasteiger partial charge in [0.05, 0.1) is 19.3 Å². The molecule has 7 nitrogen and oxygen atoms in total. The molecule has 3 N–H and O–H groups in total. The van der Waals surface area contributed by atoms with Crippen molar-refractivity contribution in [1.29, 1.82) is 0 Å². The van der Waals surface area contributed by atoms with E-state index in [1.165, 1.54) is 6.33 Å². The van der Waals surface area contributed by atoms with E-state index in [1.807, 2.05) is 0 Å². The summed E-state index contributed by atoms with van der Waals surface area (Å²) in [5.41, 5.74) is 6.74. The largest absolute Gasteiger partial charge is 0.373 e. The number of aromatic nitrogens is 4. The Kier molecular flexibility index (Phi) is 3.74. The zero-order valence-corrected chi connectivity index (χ0v) is 10.9. The molecule has 0 aliphatic rings. The van der Waals surface area contributed by atoms with Gasteiger partial charge < -0.3 is 15.0 Å². The van der Waals surface area contributed by atoms with Crippen molar-refractivity contribution in [2.24, 2.45) is 0 Å². The van der Waals surface area contributed by atoms with Gasteiger partial charge in [0.1, 0.15) is 0 Å². The highest BCUT2D eigenvalue weighted by Crippen LogP contribution is 2.09. The molecule has 0 saturated carbocycles. The van der Waals surface area contributed by atoms with Gasteiger partial charge in [-0.15, -0.1) is 9.24 Å². The fraction of sp³-hybridized carbons (Fsp3) is 0.300. The topological polar surface area (TPSA) is 98.8 Å².